The molecule has 0 unspecified atom stereocenters. The van der Waals surface area contributed by atoms with Gasteiger partial charge in [-0.15, -0.1) is 11.3 Å². The van der Waals surface area contributed by atoms with Gasteiger partial charge in [0, 0.05) is 42.8 Å². The zero-order chi connectivity index (χ0) is 15.8. The van der Waals surface area contributed by atoms with Crippen LogP contribution in [0.15, 0.2) is 35.8 Å². The molecule has 7 heteroatoms. The van der Waals surface area contributed by atoms with Crippen molar-refractivity contribution in [3.63, 3.8) is 0 Å². The Morgan fingerprint density at radius 2 is 2.05 bits per heavy atom. The molecule has 0 fully saturated rings. The summed E-state index contributed by atoms with van der Waals surface area (Å²) in [4.78, 5) is 26.9. The third-order valence-electron chi connectivity index (χ3n) is 2.82. The number of carbonyl (C=O) groups is 2. The lowest BCUT2D eigenvalue weighted by molar-refractivity contribution is -0.118. The molecule has 2 aromatic rings. The molecule has 1 aromatic carbocycles. The molecule has 0 aliphatic carbocycles. The van der Waals surface area contributed by atoms with Crippen LogP contribution in [0.25, 0.3) is 0 Å². The highest BCUT2D eigenvalue weighted by molar-refractivity contribution is 7.13. The fourth-order valence-corrected chi connectivity index (χ4v) is 2.35. The van der Waals surface area contributed by atoms with Crippen molar-refractivity contribution in [1.29, 1.82) is 0 Å². The van der Waals surface area contributed by atoms with Gasteiger partial charge in [0.05, 0.1) is 0 Å². The summed E-state index contributed by atoms with van der Waals surface area (Å²) in [5.41, 5.74) is 1.40. The van der Waals surface area contributed by atoms with Crippen molar-refractivity contribution in [2.45, 2.75) is 13.3 Å². The molecule has 0 bridgehead atoms. The number of hydrogen-bond donors (Lipinski definition) is 3. The van der Waals surface area contributed by atoms with Crippen LogP contribution < -0.4 is 16.0 Å². The monoisotopic (exact) mass is 318 g/mol. The maximum atomic E-state index is 12.1. The number of amides is 2. The van der Waals surface area contributed by atoms with E-state index in [1.165, 1.54) is 18.3 Å². The average molecular weight is 318 g/mol. The zero-order valence-electron chi connectivity index (χ0n) is 12.3. The molecule has 1 aromatic heterocycles. The summed E-state index contributed by atoms with van der Waals surface area (Å²) in [6.45, 7) is 2.55. The second-order valence-corrected chi connectivity index (χ2v) is 5.53. The maximum absolute atomic E-state index is 12.1. The molecule has 22 heavy (non-hydrogen) atoms. The third-order valence-corrected chi connectivity index (χ3v) is 3.51. The number of rotatable bonds is 7. The first-order valence-electron chi connectivity index (χ1n) is 6.94. The molecule has 2 rings (SSSR count). The highest BCUT2D eigenvalue weighted by Gasteiger charge is 2.06. The summed E-state index contributed by atoms with van der Waals surface area (Å²) >= 11 is 1.50. The molecule has 0 saturated heterocycles. The lowest BCUT2D eigenvalue weighted by Gasteiger charge is -2.08. The number of benzene rings is 1. The predicted molar refractivity (Wildman–Crippen MR) is 87.5 cm³/mol. The summed E-state index contributed by atoms with van der Waals surface area (Å²) in [7, 11) is 0. The van der Waals surface area contributed by atoms with E-state index in [2.05, 4.69) is 20.9 Å². The Balaban J connectivity index is 1.83. The molecule has 0 saturated carbocycles. The molecule has 3 N–H and O–H groups in total. The highest BCUT2D eigenvalue weighted by atomic mass is 32.1. The fourth-order valence-electron chi connectivity index (χ4n) is 1.80. The van der Waals surface area contributed by atoms with Gasteiger partial charge in [0.2, 0.25) is 5.91 Å². The number of hydrogen-bond acceptors (Lipinski definition) is 5. The normalized spacial score (nSPS) is 10.0. The number of anilines is 2. The number of aromatic nitrogens is 1. The first-order chi connectivity index (χ1) is 10.6. The first-order valence-corrected chi connectivity index (χ1v) is 7.82. The lowest BCUT2D eigenvalue weighted by atomic mass is 10.2. The van der Waals surface area contributed by atoms with Crippen LogP contribution in [0.3, 0.4) is 0 Å². The fraction of sp³-hybridized carbons (Fsp3) is 0.267. The topological polar surface area (TPSA) is 83.1 Å². The smallest absolute Gasteiger partial charge is 0.251 e. The van der Waals surface area contributed by atoms with Crippen molar-refractivity contribution >= 4 is 34.0 Å². The summed E-state index contributed by atoms with van der Waals surface area (Å²) in [6.07, 6.45) is 2.42. The van der Waals surface area contributed by atoms with Gasteiger partial charge in [-0.25, -0.2) is 4.98 Å². The van der Waals surface area contributed by atoms with Crippen molar-refractivity contribution in [1.82, 2.24) is 15.6 Å². The lowest BCUT2D eigenvalue weighted by Crippen LogP contribution is -2.28. The van der Waals surface area contributed by atoms with Crippen LogP contribution in [0.4, 0.5) is 10.8 Å². The maximum Gasteiger partial charge on any atom is 0.251 e. The Hall–Kier alpha value is -2.41. The van der Waals surface area contributed by atoms with Crippen molar-refractivity contribution in [3.05, 3.63) is 41.4 Å². The largest absolute Gasteiger partial charge is 0.356 e. The second-order valence-electron chi connectivity index (χ2n) is 4.64. The van der Waals surface area contributed by atoms with Gasteiger partial charge in [-0.2, -0.15) is 0 Å². The van der Waals surface area contributed by atoms with E-state index in [9.17, 15) is 9.59 Å². The summed E-state index contributed by atoms with van der Waals surface area (Å²) < 4.78 is 0. The minimum absolute atomic E-state index is 0.0627. The van der Waals surface area contributed by atoms with E-state index in [1.54, 1.807) is 18.3 Å². The van der Waals surface area contributed by atoms with Crippen LogP contribution in [0, 0.1) is 0 Å². The van der Waals surface area contributed by atoms with Crippen molar-refractivity contribution < 1.29 is 9.59 Å². The predicted octanol–water partition coefficient (Wildman–Crippen LogP) is 2.14. The number of thiazole rings is 1. The second kappa shape index (κ2) is 8.14. The molecular formula is C15H18N4O2S. The Bertz CT molecular complexity index is 628. The molecular weight excluding hydrogens is 300 g/mol. The van der Waals surface area contributed by atoms with Crippen LogP contribution in [0.5, 0.6) is 0 Å². The number of nitrogens with one attached hydrogen (secondary N) is 3. The highest BCUT2D eigenvalue weighted by Crippen LogP contribution is 2.19. The van der Waals surface area contributed by atoms with Crippen molar-refractivity contribution in [2.24, 2.45) is 0 Å². The Morgan fingerprint density at radius 3 is 2.77 bits per heavy atom. The number of carbonyl (C=O) groups excluding carboxylic acids is 2. The average Bonchev–Trinajstić information content (AvgIpc) is 2.99. The quantitative estimate of drug-likeness (QED) is 0.683. The molecule has 0 aliphatic heterocycles. The number of nitrogens with zero attached hydrogens (tertiary/aromatic N) is 1. The van der Waals surface area contributed by atoms with Gasteiger partial charge in [0.15, 0.2) is 5.13 Å². The third kappa shape index (κ3) is 5.17. The van der Waals surface area contributed by atoms with Crippen molar-refractivity contribution in [2.75, 3.05) is 18.4 Å². The van der Waals surface area contributed by atoms with Gasteiger partial charge in [0.25, 0.3) is 5.91 Å². The van der Waals surface area contributed by atoms with Gasteiger partial charge in [0.1, 0.15) is 0 Å². The SMILES string of the molecule is CC(=O)NCCCNC(=O)c1cccc(Nc2nccs2)c1. The minimum atomic E-state index is -0.134. The van der Waals surface area contributed by atoms with Gasteiger partial charge in [-0.3, -0.25) is 9.59 Å². The molecule has 0 atom stereocenters. The van der Waals surface area contributed by atoms with Crippen LogP contribution >= 0.6 is 11.3 Å². The van der Waals surface area contributed by atoms with Crippen LogP contribution in [-0.2, 0) is 4.79 Å². The van der Waals surface area contributed by atoms with E-state index < -0.39 is 0 Å². The molecule has 0 aliphatic rings. The molecule has 0 radical (unpaired) electrons. The Labute approximate surface area is 133 Å². The summed E-state index contributed by atoms with van der Waals surface area (Å²) in [6, 6.07) is 7.25. The molecule has 1 heterocycles. The summed E-state index contributed by atoms with van der Waals surface area (Å²) in [5, 5.41) is 11.3. The molecule has 0 spiro atoms. The summed E-state index contributed by atoms with van der Waals surface area (Å²) in [5.74, 6) is -0.196. The molecule has 2 amide bonds. The Kier molecular flexibility index (Phi) is 5.91. The van der Waals surface area contributed by atoms with Gasteiger partial charge >= 0.3 is 0 Å². The standard InChI is InChI=1S/C15H18N4O2S/c1-11(20)16-6-3-7-17-14(21)12-4-2-5-13(10-12)19-15-18-8-9-22-15/h2,4-5,8-10H,3,6-7H2,1H3,(H,16,20)(H,17,21)(H,18,19). The van der Waals surface area contributed by atoms with Gasteiger partial charge in [-0.05, 0) is 24.6 Å². The van der Waals surface area contributed by atoms with E-state index in [4.69, 9.17) is 0 Å². The zero-order valence-corrected chi connectivity index (χ0v) is 13.1. The minimum Gasteiger partial charge on any atom is -0.356 e. The van der Waals surface area contributed by atoms with Crippen molar-refractivity contribution in [3.8, 4) is 0 Å². The van der Waals surface area contributed by atoms with Gasteiger partial charge < -0.3 is 16.0 Å². The van der Waals surface area contributed by atoms with E-state index in [0.717, 1.165) is 10.8 Å². The van der Waals surface area contributed by atoms with E-state index in [-0.39, 0.29) is 11.8 Å². The molecule has 116 valence electrons. The van der Waals surface area contributed by atoms with E-state index in [1.807, 2.05) is 17.5 Å². The van der Waals surface area contributed by atoms with E-state index >= 15 is 0 Å². The Morgan fingerprint density at radius 1 is 1.23 bits per heavy atom. The van der Waals surface area contributed by atoms with Crippen LogP contribution in [-0.4, -0.2) is 29.9 Å². The van der Waals surface area contributed by atoms with Crippen LogP contribution in [0.2, 0.25) is 0 Å². The molecule has 6 nitrogen and oxygen atoms in total. The van der Waals surface area contributed by atoms with Crippen LogP contribution in [0.1, 0.15) is 23.7 Å². The first kappa shape index (κ1) is 16.0. The van der Waals surface area contributed by atoms with Gasteiger partial charge in [-0.1, -0.05) is 6.07 Å². The van der Waals surface area contributed by atoms with E-state index in [0.29, 0.717) is 25.1 Å².